The third kappa shape index (κ3) is 11.2. The van der Waals surface area contributed by atoms with Crippen molar-refractivity contribution >= 4 is 13.0 Å². The quantitative estimate of drug-likeness (QED) is 0.167. The van der Waals surface area contributed by atoms with E-state index in [1.54, 1.807) is 11.0 Å². The Morgan fingerprint density at radius 2 is 2.00 bits per heavy atom. The van der Waals surface area contributed by atoms with E-state index in [2.05, 4.69) is 10.6 Å². The zero-order chi connectivity index (χ0) is 27.4. The van der Waals surface area contributed by atoms with Gasteiger partial charge in [-0.3, -0.25) is 4.79 Å². The van der Waals surface area contributed by atoms with E-state index < -0.39 is 31.8 Å². The van der Waals surface area contributed by atoms with Gasteiger partial charge in [0, 0.05) is 25.1 Å². The molecule has 1 saturated heterocycles. The van der Waals surface area contributed by atoms with Crippen molar-refractivity contribution in [3.8, 4) is 6.07 Å². The van der Waals surface area contributed by atoms with Crippen molar-refractivity contribution in [3.05, 3.63) is 47.5 Å². The normalized spacial score (nSPS) is 18.1. The van der Waals surface area contributed by atoms with Crippen LogP contribution < -0.4 is 10.6 Å². The van der Waals surface area contributed by atoms with Gasteiger partial charge in [-0.25, -0.2) is 0 Å². The summed E-state index contributed by atoms with van der Waals surface area (Å²) < 4.78 is 44.3. The average Bonchev–Trinajstić information content (AvgIpc) is 3.30. The number of allylic oxidation sites excluding steroid dienone is 1. The average molecular weight is 524 g/mol. The lowest BCUT2D eigenvalue weighted by Gasteiger charge is -2.27. The van der Waals surface area contributed by atoms with Crippen LogP contribution in [-0.4, -0.2) is 85.0 Å². The molecule has 0 radical (unpaired) electrons. The molecule has 0 bridgehead atoms. The van der Waals surface area contributed by atoms with Crippen LogP contribution in [0.4, 0.5) is 13.2 Å². The first-order valence-electron chi connectivity index (χ1n) is 12.4. The first-order chi connectivity index (χ1) is 17.5. The molecule has 1 aliphatic rings. The molecule has 1 aromatic rings. The number of benzene rings is 1. The lowest BCUT2D eigenvalue weighted by atomic mass is 9.76. The summed E-state index contributed by atoms with van der Waals surface area (Å²) >= 11 is 0. The summed E-state index contributed by atoms with van der Waals surface area (Å²) in [7, 11) is -1.71. The largest absolute Gasteiger partial charge is 0.469 e. The van der Waals surface area contributed by atoms with Crippen LogP contribution in [0.3, 0.4) is 0 Å². The van der Waals surface area contributed by atoms with E-state index in [0.717, 1.165) is 12.0 Å². The van der Waals surface area contributed by atoms with Gasteiger partial charge in [0.25, 0.3) is 5.91 Å². The van der Waals surface area contributed by atoms with E-state index >= 15 is 0 Å². The second kappa shape index (κ2) is 15.1. The van der Waals surface area contributed by atoms with Crippen molar-refractivity contribution in [1.82, 2.24) is 15.5 Å². The number of carbonyl (C=O) groups excluding carboxylic acids is 1. The highest BCUT2D eigenvalue weighted by atomic mass is 19.4. The lowest BCUT2D eigenvalue weighted by Crippen LogP contribution is -2.52. The van der Waals surface area contributed by atoms with Crippen LogP contribution in [0.1, 0.15) is 32.3 Å². The molecule has 1 heterocycles. The maximum atomic E-state index is 12.9. The monoisotopic (exact) mass is 524 g/mol. The fourth-order valence-corrected chi connectivity index (χ4v) is 4.16. The third-order valence-corrected chi connectivity index (χ3v) is 5.99. The van der Waals surface area contributed by atoms with Crippen LogP contribution in [0.5, 0.6) is 0 Å². The van der Waals surface area contributed by atoms with Crippen LogP contribution in [0, 0.1) is 17.2 Å². The number of hydrogen-bond donors (Lipinski definition) is 4. The van der Waals surface area contributed by atoms with Crippen molar-refractivity contribution in [3.63, 3.8) is 0 Å². The third-order valence-electron chi connectivity index (χ3n) is 5.99. The van der Waals surface area contributed by atoms with E-state index in [4.69, 9.17) is 4.74 Å². The first-order valence-corrected chi connectivity index (χ1v) is 12.4. The number of rotatable bonds is 14. The van der Waals surface area contributed by atoms with Gasteiger partial charge in [-0.15, -0.1) is 0 Å². The van der Waals surface area contributed by atoms with Gasteiger partial charge in [0.15, 0.2) is 0 Å². The number of hydrogen-bond acceptors (Lipinski definition) is 7. The number of nitriles is 1. The Labute approximate surface area is 216 Å². The van der Waals surface area contributed by atoms with Gasteiger partial charge in [-0.2, -0.15) is 18.4 Å². The number of likely N-dealkylation sites (tertiary alicyclic amines) is 1. The molecule has 4 N–H and O–H groups in total. The van der Waals surface area contributed by atoms with Gasteiger partial charge in [-0.1, -0.05) is 50.3 Å². The molecule has 1 fully saturated rings. The Kier molecular flexibility index (Phi) is 12.6. The van der Waals surface area contributed by atoms with E-state index in [0.29, 0.717) is 13.0 Å². The molecular weight excluding hydrogens is 488 g/mol. The minimum absolute atomic E-state index is 0.00574. The fraction of sp³-hybridized carbons (Fsp3) is 0.600. The minimum Gasteiger partial charge on any atom is -0.426 e. The van der Waals surface area contributed by atoms with Crippen molar-refractivity contribution in [2.45, 2.75) is 57.3 Å². The number of nitrogens with zero attached hydrogens (tertiary/aromatic N) is 2. The second-order valence-electron chi connectivity index (χ2n) is 9.58. The molecule has 0 aliphatic carbocycles. The summed E-state index contributed by atoms with van der Waals surface area (Å²) in [6.45, 7) is 3.02. The van der Waals surface area contributed by atoms with Crippen LogP contribution in [0.2, 0.25) is 0 Å². The van der Waals surface area contributed by atoms with Crippen LogP contribution in [0.25, 0.3) is 0 Å². The van der Waals surface area contributed by atoms with Gasteiger partial charge in [0.2, 0.25) is 0 Å². The Morgan fingerprint density at radius 1 is 1.30 bits per heavy atom. The van der Waals surface area contributed by atoms with Gasteiger partial charge in [-0.05, 0) is 30.7 Å². The molecule has 0 spiro atoms. The molecule has 1 aromatic carbocycles. The Balaban J connectivity index is 1.96. The number of alkyl halides is 3. The number of amides is 1. The smallest absolute Gasteiger partial charge is 0.426 e. The summed E-state index contributed by atoms with van der Waals surface area (Å²) in [5, 5.41) is 34.2. The Morgan fingerprint density at radius 3 is 2.59 bits per heavy atom. The summed E-state index contributed by atoms with van der Waals surface area (Å²) in [4.78, 5) is 14.4. The first kappa shape index (κ1) is 30.8. The number of nitrogens with one attached hydrogen (secondary N) is 2. The fourth-order valence-electron chi connectivity index (χ4n) is 4.16. The maximum Gasteiger partial charge on any atom is 0.469 e. The summed E-state index contributed by atoms with van der Waals surface area (Å²) in [6.07, 6.45) is -1.13. The van der Waals surface area contributed by atoms with Crippen molar-refractivity contribution in [1.29, 1.82) is 5.26 Å². The zero-order valence-electron chi connectivity index (χ0n) is 21.2. The van der Waals surface area contributed by atoms with Gasteiger partial charge in [0.05, 0.1) is 25.8 Å². The van der Waals surface area contributed by atoms with Crippen molar-refractivity contribution in [2.75, 3.05) is 32.8 Å². The standard InChI is InChI=1S/C25H36BF3N4O4/c1-18(2)11-20(13-30)24(34)33-10-6-9-22(33)16-37-15-21(32-17-25(27,28)29)14-31-23(26(35)36)12-19-7-4-3-5-8-19/h3-5,7-8,11,18,21-23,31-32,35-36H,6,9-10,12,14-17H2,1-2H3/t21-,22+,23-/m0/s1. The predicted octanol–water partition coefficient (Wildman–Crippen LogP) is 1.83. The van der Waals surface area contributed by atoms with E-state index in [1.165, 1.54) is 0 Å². The number of carbonyl (C=O) groups is 1. The molecule has 2 rings (SSSR count). The highest BCUT2D eigenvalue weighted by molar-refractivity contribution is 6.43. The molecule has 0 saturated carbocycles. The van der Waals surface area contributed by atoms with Crippen molar-refractivity contribution in [2.24, 2.45) is 5.92 Å². The minimum atomic E-state index is -4.43. The molecular formula is C25H36BF3N4O4. The van der Waals surface area contributed by atoms with Crippen LogP contribution >= 0.6 is 0 Å². The molecule has 0 unspecified atom stereocenters. The highest BCUT2D eigenvalue weighted by Gasteiger charge is 2.32. The molecule has 37 heavy (non-hydrogen) atoms. The summed E-state index contributed by atoms with van der Waals surface area (Å²) in [5.74, 6) is -1.12. The van der Waals surface area contributed by atoms with Gasteiger partial charge < -0.3 is 30.3 Å². The maximum absolute atomic E-state index is 12.9. The predicted molar refractivity (Wildman–Crippen MR) is 134 cm³/mol. The number of halogens is 3. The molecule has 12 heteroatoms. The molecule has 8 nitrogen and oxygen atoms in total. The van der Waals surface area contributed by atoms with Gasteiger partial charge in [0.1, 0.15) is 11.6 Å². The molecule has 1 amide bonds. The summed E-state index contributed by atoms with van der Waals surface area (Å²) in [5.41, 5.74) is 0.918. The second-order valence-corrected chi connectivity index (χ2v) is 9.58. The molecule has 3 atom stereocenters. The zero-order valence-corrected chi connectivity index (χ0v) is 21.2. The van der Waals surface area contributed by atoms with Crippen LogP contribution in [0.15, 0.2) is 42.0 Å². The Bertz CT molecular complexity index is 909. The molecule has 0 aromatic heterocycles. The molecule has 204 valence electrons. The Hall–Kier alpha value is -2.43. The van der Waals surface area contributed by atoms with E-state index in [9.17, 15) is 33.3 Å². The topological polar surface area (TPSA) is 118 Å². The van der Waals surface area contributed by atoms with Crippen LogP contribution in [-0.2, 0) is 16.0 Å². The number of ether oxygens (including phenoxy) is 1. The SMILES string of the molecule is CC(C)C=C(C#N)C(=O)N1CCC[C@@H]1COC[C@H](CN[C@@H](Cc1ccccc1)B(O)O)NCC(F)(F)F. The highest BCUT2D eigenvalue weighted by Crippen LogP contribution is 2.21. The van der Waals surface area contributed by atoms with E-state index in [1.807, 2.05) is 50.2 Å². The van der Waals surface area contributed by atoms with E-state index in [-0.39, 0.29) is 49.6 Å². The van der Waals surface area contributed by atoms with Crippen molar-refractivity contribution < 1.29 is 32.8 Å². The lowest BCUT2D eigenvalue weighted by molar-refractivity contribution is -0.130. The summed E-state index contributed by atoms with van der Waals surface area (Å²) in [6, 6.07) is 9.99. The molecule has 1 aliphatic heterocycles. The van der Waals surface area contributed by atoms with Gasteiger partial charge >= 0.3 is 13.3 Å².